The zero-order chi connectivity index (χ0) is 19.5. The van der Waals surface area contributed by atoms with Crippen molar-refractivity contribution in [2.24, 2.45) is 0 Å². The van der Waals surface area contributed by atoms with Crippen LogP contribution in [-0.2, 0) is 11.3 Å². The van der Waals surface area contributed by atoms with Crippen LogP contribution in [0, 0.1) is 0 Å². The lowest BCUT2D eigenvalue weighted by Crippen LogP contribution is -2.25. The molecule has 0 N–H and O–H groups in total. The summed E-state index contributed by atoms with van der Waals surface area (Å²) in [4.78, 5) is 19.7. The van der Waals surface area contributed by atoms with Gasteiger partial charge in [0.2, 0.25) is 5.91 Å². The summed E-state index contributed by atoms with van der Waals surface area (Å²) in [5.41, 5.74) is 3.15. The van der Waals surface area contributed by atoms with Gasteiger partial charge in [-0.05, 0) is 46.6 Å². The number of fused-ring (bicyclic) bond motifs is 1. The summed E-state index contributed by atoms with van der Waals surface area (Å²) >= 11 is 3.59. The molecule has 1 saturated heterocycles. The lowest BCUT2D eigenvalue weighted by Gasteiger charge is -2.18. The first-order valence-electron chi connectivity index (χ1n) is 10.2. The van der Waals surface area contributed by atoms with Crippen LogP contribution in [0.25, 0.3) is 11.0 Å². The van der Waals surface area contributed by atoms with Crippen molar-refractivity contribution in [3.05, 3.63) is 58.8 Å². The van der Waals surface area contributed by atoms with E-state index in [1.807, 2.05) is 35.2 Å². The molecule has 5 heteroatoms. The molecule has 0 saturated carbocycles. The summed E-state index contributed by atoms with van der Waals surface area (Å²) in [6.45, 7) is 3.88. The van der Waals surface area contributed by atoms with Crippen LogP contribution in [0.2, 0.25) is 0 Å². The van der Waals surface area contributed by atoms with Gasteiger partial charge < -0.3 is 9.47 Å². The number of nitrogens with zero attached hydrogens (tertiary/aromatic N) is 3. The molecular weight excluding hydrogens is 414 g/mol. The van der Waals surface area contributed by atoms with E-state index in [9.17, 15) is 4.79 Å². The van der Waals surface area contributed by atoms with E-state index < -0.39 is 0 Å². The SMILES string of the molecule is CCCCCCn1c(C2CC(=O)N(c3ccccc3Br)C2)nc2ccccc21. The molecule has 4 rings (SSSR count). The second-order valence-electron chi connectivity index (χ2n) is 7.53. The molecule has 1 atom stereocenters. The van der Waals surface area contributed by atoms with Crippen molar-refractivity contribution in [2.75, 3.05) is 11.4 Å². The highest BCUT2D eigenvalue weighted by Crippen LogP contribution is 2.36. The number of rotatable bonds is 7. The van der Waals surface area contributed by atoms with Gasteiger partial charge in [-0.3, -0.25) is 4.79 Å². The number of imidazole rings is 1. The van der Waals surface area contributed by atoms with Crippen LogP contribution in [0.15, 0.2) is 53.0 Å². The lowest BCUT2D eigenvalue weighted by molar-refractivity contribution is -0.117. The first-order valence-corrected chi connectivity index (χ1v) is 11.0. The van der Waals surface area contributed by atoms with Crippen molar-refractivity contribution in [3.63, 3.8) is 0 Å². The number of hydrogen-bond acceptors (Lipinski definition) is 2. The third kappa shape index (κ3) is 3.72. The van der Waals surface area contributed by atoms with E-state index in [4.69, 9.17) is 4.98 Å². The topological polar surface area (TPSA) is 38.1 Å². The van der Waals surface area contributed by atoms with Crippen molar-refractivity contribution in [3.8, 4) is 0 Å². The summed E-state index contributed by atoms with van der Waals surface area (Å²) < 4.78 is 3.31. The van der Waals surface area contributed by atoms with Gasteiger partial charge in [-0.25, -0.2) is 4.98 Å². The molecule has 0 radical (unpaired) electrons. The standard InChI is InChI=1S/C23H26BrN3O/c1-2-3-4-9-14-26-21-13-8-6-11-19(21)25-23(26)17-15-22(28)27(16-17)20-12-7-5-10-18(20)24/h5-8,10-13,17H,2-4,9,14-16H2,1H3. The number of amides is 1. The van der Waals surface area contributed by atoms with Crippen molar-refractivity contribution >= 4 is 38.6 Å². The Morgan fingerprint density at radius 2 is 1.86 bits per heavy atom. The molecule has 1 aliphatic heterocycles. The van der Waals surface area contributed by atoms with Crippen molar-refractivity contribution in [1.29, 1.82) is 0 Å². The van der Waals surface area contributed by atoms with Gasteiger partial charge in [0.1, 0.15) is 5.82 Å². The zero-order valence-electron chi connectivity index (χ0n) is 16.3. The summed E-state index contributed by atoms with van der Waals surface area (Å²) in [6, 6.07) is 16.3. The quantitative estimate of drug-likeness (QED) is 0.429. The largest absolute Gasteiger partial charge is 0.328 e. The number of hydrogen-bond donors (Lipinski definition) is 0. The molecule has 0 spiro atoms. The van der Waals surface area contributed by atoms with Crippen LogP contribution in [0.5, 0.6) is 0 Å². The van der Waals surface area contributed by atoms with E-state index in [2.05, 4.69) is 45.6 Å². The lowest BCUT2D eigenvalue weighted by atomic mass is 10.1. The summed E-state index contributed by atoms with van der Waals surface area (Å²) in [5, 5.41) is 0. The van der Waals surface area contributed by atoms with Crippen molar-refractivity contribution < 1.29 is 4.79 Å². The minimum Gasteiger partial charge on any atom is -0.328 e. The number of anilines is 1. The number of benzene rings is 2. The molecule has 0 bridgehead atoms. The van der Waals surface area contributed by atoms with Gasteiger partial charge in [0.15, 0.2) is 0 Å². The molecule has 1 fully saturated rings. The fourth-order valence-electron chi connectivity index (χ4n) is 4.12. The number of aryl methyl sites for hydroxylation is 1. The second-order valence-corrected chi connectivity index (χ2v) is 8.38. The Morgan fingerprint density at radius 1 is 1.07 bits per heavy atom. The van der Waals surface area contributed by atoms with Crippen molar-refractivity contribution in [2.45, 2.75) is 51.5 Å². The molecule has 146 valence electrons. The van der Waals surface area contributed by atoms with E-state index >= 15 is 0 Å². The van der Waals surface area contributed by atoms with Gasteiger partial charge in [0.25, 0.3) is 0 Å². The Kier molecular flexibility index (Phi) is 5.81. The maximum absolute atomic E-state index is 12.8. The van der Waals surface area contributed by atoms with Crippen LogP contribution in [0.4, 0.5) is 5.69 Å². The molecule has 4 nitrogen and oxygen atoms in total. The number of aromatic nitrogens is 2. The normalized spacial score (nSPS) is 17.0. The van der Waals surface area contributed by atoms with Crippen LogP contribution in [0.1, 0.15) is 50.8 Å². The highest BCUT2D eigenvalue weighted by Gasteiger charge is 2.35. The summed E-state index contributed by atoms with van der Waals surface area (Å²) in [5.74, 6) is 1.35. The third-order valence-corrected chi connectivity index (χ3v) is 6.22. The molecule has 2 aromatic carbocycles. The smallest absolute Gasteiger partial charge is 0.227 e. The van der Waals surface area contributed by atoms with Gasteiger partial charge in [-0.1, -0.05) is 50.5 Å². The van der Waals surface area contributed by atoms with Crippen LogP contribution in [0.3, 0.4) is 0 Å². The number of para-hydroxylation sites is 3. The third-order valence-electron chi connectivity index (χ3n) is 5.55. The number of carbonyl (C=O) groups is 1. The van der Waals surface area contributed by atoms with Crippen molar-refractivity contribution in [1.82, 2.24) is 9.55 Å². The van der Waals surface area contributed by atoms with Gasteiger partial charge in [-0.2, -0.15) is 0 Å². The van der Waals surface area contributed by atoms with E-state index in [0.717, 1.165) is 34.5 Å². The average Bonchev–Trinajstić information content (AvgIpc) is 3.26. The molecule has 1 amide bonds. The minimum absolute atomic E-state index is 0.123. The maximum Gasteiger partial charge on any atom is 0.227 e. The van der Waals surface area contributed by atoms with Gasteiger partial charge in [0.05, 0.1) is 16.7 Å². The molecule has 0 aliphatic carbocycles. The number of carbonyl (C=O) groups excluding carboxylic acids is 1. The molecule has 1 aliphatic rings. The van der Waals surface area contributed by atoms with E-state index in [-0.39, 0.29) is 11.8 Å². The minimum atomic E-state index is 0.123. The second kappa shape index (κ2) is 8.48. The Balaban J connectivity index is 1.63. The monoisotopic (exact) mass is 439 g/mol. The van der Waals surface area contributed by atoms with Gasteiger partial charge in [-0.15, -0.1) is 0 Å². The molecule has 2 heterocycles. The molecule has 3 aromatic rings. The summed E-state index contributed by atoms with van der Waals surface area (Å²) in [7, 11) is 0. The molecule has 28 heavy (non-hydrogen) atoms. The Hall–Kier alpha value is -2.14. The zero-order valence-corrected chi connectivity index (χ0v) is 17.9. The average molecular weight is 440 g/mol. The molecular formula is C23H26BrN3O. The Morgan fingerprint density at radius 3 is 2.68 bits per heavy atom. The van der Waals surface area contributed by atoms with E-state index in [1.165, 1.54) is 24.8 Å². The van der Waals surface area contributed by atoms with Gasteiger partial charge in [0, 0.05) is 29.9 Å². The summed E-state index contributed by atoms with van der Waals surface area (Å²) in [6.07, 6.45) is 5.39. The fraction of sp³-hybridized carbons (Fsp3) is 0.391. The molecule has 1 unspecified atom stereocenters. The predicted octanol–water partition coefficient (Wildman–Crippen LogP) is 5.90. The van der Waals surface area contributed by atoms with E-state index in [1.54, 1.807) is 0 Å². The maximum atomic E-state index is 12.8. The Labute approximate surface area is 174 Å². The Bertz CT molecular complexity index is 981. The van der Waals surface area contributed by atoms with Crippen LogP contribution in [-0.4, -0.2) is 22.0 Å². The number of unbranched alkanes of at least 4 members (excludes halogenated alkanes) is 3. The predicted molar refractivity (Wildman–Crippen MR) is 118 cm³/mol. The highest BCUT2D eigenvalue weighted by atomic mass is 79.9. The van der Waals surface area contributed by atoms with Crippen LogP contribution >= 0.6 is 15.9 Å². The van der Waals surface area contributed by atoms with E-state index in [0.29, 0.717) is 13.0 Å². The molecule has 1 aromatic heterocycles. The number of halogens is 1. The fourth-order valence-corrected chi connectivity index (χ4v) is 4.62. The first-order chi connectivity index (χ1) is 13.7. The van der Waals surface area contributed by atoms with Gasteiger partial charge >= 0.3 is 0 Å². The highest BCUT2D eigenvalue weighted by molar-refractivity contribution is 9.10. The first kappa shape index (κ1) is 19.2. The van der Waals surface area contributed by atoms with Crippen LogP contribution < -0.4 is 4.90 Å².